The van der Waals surface area contributed by atoms with Gasteiger partial charge in [0.1, 0.15) is 6.10 Å². The van der Waals surface area contributed by atoms with E-state index in [1.165, 1.54) is 70.0 Å². The molecule has 0 bridgehead atoms. The molecule has 29 heavy (non-hydrogen) atoms. The second kappa shape index (κ2) is 8.00. The molecule has 0 aromatic rings. The minimum atomic E-state index is 0.0838. The summed E-state index contributed by atoms with van der Waals surface area (Å²) in [5.41, 5.74) is 1.74. The lowest BCUT2D eigenvalue weighted by Crippen LogP contribution is -2.52. The van der Waals surface area contributed by atoms with E-state index < -0.39 is 0 Å². The first-order valence-electron chi connectivity index (χ1n) is 12.4. The van der Waals surface area contributed by atoms with Gasteiger partial charge in [0, 0.05) is 44.7 Å². The van der Waals surface area contributed by atoms with E-state index in [-0.39, 0.29) is 18.0 Å². The number of fused-ring (bicyclic) bond motifs is 2. The molecule has 5 fully saturated rings. The average molecular weight is 401 g/mol. The Bertz CT molecular complexity index is 635. The van der Waals surface area contributed by atoms with Crippen LogP contribution in [0, 0.1) is 23.2 Å². The van der Waals surface area contributed by atoms with Crippen LogP contribution in [0.4, 0.5) is 0 Å². The van der Waals surface area contributed by atoms with Crippen molar-refractivity contribution in [2.75, 3.05) is 32.7 Å². The molecule has 0 aromatic heterocycles. The van der Waals surface area contributed by atoms with Crippen LogP contribution in [0.5, 0.6) is 0 Å². The minimum absolute atomic E-state index is 0.0838. The first-order chi connectivity index (χ1) is 14.0. The fourth-order valence-electron chi connectivity index (χ4n) is 7.50. The maximum absolute atomic E-state index is 12.8. The molecule has 4 nitrogen and oxygen atoms in total. The average Bonchev–Trinajstić information content (AvgIpc) is 3.01. The second-order valence-corrected chi connectivity index (χ2v) is 11.0. The van der Waals surface area contributed by atoms with Gasteiger partial charge in [0.2, 0.25) is 0 Å². The number of hydrogen-bond donors (Lipinski definition) is 0. The third kappa shape index (κ3) is 3.80. The van der Waals surface area contributed by atoms with Gasteiger partial charge in [-0.25, -0.2) is 0 Å². The van der Waals surface area contributed by atoms with Gasteiger partial charge in [-0.05, 0) is 56.3 Å². The second-order valence-electron chi connectivity index (χ2n) is 11.0. The zero-order valence-electron chi connectivity index (χ0n) is 18.4. The maximum Gasteiger partial charge on any atom is 0.310 e. The largest absolute Gasteiger partial charge is 0.462 e. The van der Waals surface area contributed by atoms with Crippen LogP contribution in [0.1, 0.15) is 71.1 Å². The number of carbonyl (C=O) groups is 1. The number of hydrogen-bond acceptors (Lipinski definition) is 4. The summed E-state index contributed by atoms with van der Waals surface area (Å²) in [5, 5.41) is 0. The molecule has 5 rings (SSSR count). The standard InChI is InChI=1S/C25H40N2O2/c1-18-7-6-10-25(2)16-23-20(15-22(18)25)21(24(28)29-23)17-26-11-13-27(14-12-26)19-8-4-3-5-9-19/h19-23H,1,3-17H2,2H3/t20-,21+,22-,23-,25-/m1/s1. The number of piperazine rings is 1. The predicted octanol–water partition coefficient (Wildman–Crippen LogP) is 4.25. The first kappa shape index (κ1) is 20.1. The molecule has 4 heteroatoms. The van der Waals surface area contributed by atoms with Crippen molar-refractivity contribution in [3.8, 4) is 0 Å². The topological polar surface area (TPSA) is 32.8 Å². The molecule has 0 N–H and O–H groups in total. The molecule has 0 radical (unpaired) electrons. The molecular weight excluding hydrogens is 360 g/mol. The van der Waals surface area contributed by atoms with E-state index >= 15 is 0 Å². The van der Waals surface area contributed by atoms with Crippen LogP contribution >= 0.6 is 0 Å². The van der Waals surface area contributed by atoms with E-state index in [9.17, 15) is 4.79 Å². The van der Waals surface area contributed by atoms with Gasteiger partial charge in [-0.2, -0.15) is 0 Å². The maximum atomic E-state index is 12.8. The molecule has 2 heterocycles. The highest BCUT2D eigenvalue weighted by Gasteiger charge is 2.55. The molecule has 3 saturated carbocycles. The number of esters is 1. The van der Waals surface area contributed by atoms with Crippen molar-refractivity contribution in [2.45, 2.75) is 83.3 Å². The summed E-state index contributed by atoms with van der Waals surface area (Å²) >= 11 is 0. The highest BCUT2D eigenvalue weighted by Crippen LogP contribution is 2.56. The van der Waals surface area contributed by atoms with Gasteiger partial charge in [0.25, 0.3) is 0 Å². The number of nitrogens with zero attached hydrogens (tertiary/aromatic N) is 2. The van der Waals surface area contributed by atoms with Crippen LogP contribution in [-0.2, 0) is 9.53 Å². The molecule has 162 valence electrons. The van der Waals surface area contributed by atoms with Crippen LogP contribution in [0.2, 0.25) is 0 Å². The van der Waals surface area contributed by atoms with Crippen LogP contribution in [0.15, 0.2) is 12.2 Å². The van der Waals surface area contributed by atoms with Crippen LogP contribution in [-0.4, -0.2) is 60.6 Å². The summed E-state index contributed by atoms with van der Waals surface area (Å²) in [6.07, 6.45) is 13.1. The number of rotatable bonds is 3. The van der Waals surface area contributed by atoms with E-state index in [1.807, 2.05) is 0 Å². The van der Waals surface area contributed by atoms with E-state index in [0.717, 1.165) is 38.5 Å². The van der Waals surface area contributed by atoms with Crippen molar-refractivity contribution >= 4 is 5.97 Å². The van der Waals surface area contributed by atoms with Gasteiger partial charge in [-0.3, -0.25) is 14.6 Å². The Labute approximate surface area is 177 Å². The molecule has 3 aliphatic carbocycles. The molecule has 2 aliphatic heterocycles. The molecule has 0 spiro atoms. The lowest BCUT2D eigenvalue weighted by molar-refractivity contribution is -0.146. The van der Waals surface area contributed by atoms with Gasteiger partial charge < -0.3 is 4.74 Å². The van der Waals surface area contributed by atoms with Crippen molar-refractivity contribution in [1.29, 1.82) is 0 Å². The molecule has 0 amide bonds. The predicted molar refractivity (Wildman–Crippen MR) is 116 cm³/mol. The van der Waals surface area contributed by atoms with E-state index in [2.05, 4.69) is 23.3 Å². The lowest BCUT2D eigenvalue weighted by Gasteiger charge is -2.50. The first-order valence-corrected chi connectivity index (χ1v) is 12.4. The lowest BCUT2D eigenvalue weighted by atomic mass is 9.55. The molecule has 5 aliphatic rings. The fraction of sp³-hybridized carbons (Fsp3) is 0.880. The summed E-state index contributed by atoms with van der Waals surface area (Å²) in [7, 11) is 0. The minimum Gasteiger partial charge on any atom is -0.462 e. The monoisotopic (exact) mass is 400 g/mol. The van der Waals surface area contributed by atoms with E-state index in [0.29, 0.717) is 17.3 Å². The van der Waals surface area contributed by atoms with E-state index in [4.69, 9.17) is 4.74 Å². The van der Waals surface area contributed by atoms with Crippen molar-refractivity contribution < 1.29 is 9.53 Å². The number of allylic oxidation sites excluding steroid dienone is 1. The number of carbonyl (C=O) groups excluding carboxylic acids is 1. The normalized spacial score (nSPS) is 42.4. The van der Waals surface area contributed by atoms with E-state index in [1.54, 1.807) is 0 Å². The molecule has 0 unspecified atom stereocenters. The summed E-state index contributed by atoms with van der Waals surface area (Å²) in [6, 6.07) is 0.820. The van der Waals surface area contributed by atoms with Crippen molar-refractivity contribution in [2.24, 2.45) is 23.2 Å². The summed E-state index contributed by atoms with van der Waals surface area (Å²) in [4.78, 5) is 18.1. The Balaban J connectivity index is 1.20. The van der Waals surface area contributed by atoms with Crippen molar-refractivity contribution in [3.05, 3.63) is 12.2 Å². The third-order valence-corrected chi connectivity index (χ3v) is 9.27. The quantitative estimate of drug-likeness (QED) is 0.524. The molecule has 5 atom stereocenters. The number of ether oxygens (including phenoxy) is 1. The van der Waals surface area contributed by atoms with Crippen molar-refractivity contribution in [1.82, 2.24) is 9.80 Å². The zero-order valence-corrected chi connectivity index (χ0v) is 18.4. The highest BCUT2D eigenvalue weighted by atomic mass is 16.6. The van der Waals surface area contributed by atoms with Crippen LogP contribution in [0.3, 0.4) is 0 Å². The zero-order chi connectivity index (χ0) is 20.0. The Morgan fingerprint density at radius 3 is 2.62 bits per heavy atom. The fourth-order valence-corrected chi connectivity index (χ4v) is 7.50. The molecule has 2 saturated heterocycles. The van der Waals surface area contributed by atoms with Gasteiger partial charge in [-0.1, -0.05) is 38.3 Å². The highest BCUT2D eigenvalue weighted by molar-refractivity contribution is 5.75. The Morgan fingerprint density at radius 2 is 1.86 bits per heavy atom. The Kier molecular flexibility index (Phi) is 5.53. The van der Waals surface area contributed by atoms with Gasteiger partial charge in [-0.15, -0.1) is 0 Å². The third-order valence-electron chi connectivity index (χ3n) is 9.27. The summed E-state index contributed by atoms with van der Waals surface area (Å²) in [6.45, 7) is 12.4. The van der Waals surface area contributed by atoms with Crippen LogP contribution in [0.25, 0.3) is 0 Å². The molecule has 0 aromatic carbocycles. The van der Waals surface area contributed by atoms with Crippen molar-refractivity contribution in [3.63, 3.8) is 0 Å². The summed E-state index contributed by atoms with van der Waals surface area (Å²) < 4.78 is 5.98. The van der Waals surface area contributed by atoms with Crippen LogP contribution < -0.4 is 0 Å². The van der Waals surface area contributed by atoms with Gasteiger partial charge >= 0.3 is 5.97 Å². The Morgan fingerprint density at radius 1 is 1.10 bits per heavy atom. The Hall–Kier alpha value is -0.870. The SMILES string of the molecule is C=C1CCC[C@]2(C)C[C@H]3OC(=O)[C@@H](CN4CCN(C5CCCCC5)CC4)[C@H]3C[C@H]12. The van der Waals surface area contributed by atoms with Gasteiger partial charge in [0.15, 0.2) is 0 Å². The summed E-state index contributed by atoms with van der Waals surface area (Å²) in [5.74, 6) is 1.17. The smallest absolute Gasteiger partial charge is 0.310 e. The molecular formula is C25H40N2O2. The van der Waals surface area contributed by atoms with Gasteiger partial charge in [0.05, 0.1) is 5.92 Å².